The SMILES string of the molecule is c1ccc(-c2nc(-c3ccccc3)nc(-c3cccc4oc5ccc(-c6cccc(-c7cccc8c7C(c7ccccc7)(c7ccccc7)c7ccccc7-8)c6)cc5c34)n2)cc1. The summed E-state index contributed by atoms with van der Waals surface area (Å²) in [5, 5.41) is 1.98. The molecule has 0 spiro atoms. The lowest BCUT2D eigenvalue weighted by molar-refractivity contribution is 0.669. The molecule has 4 heteroatoms. The zero-order valence-electron chi connectivity index (χ0n) is 33.6. The van der Waals surface area contributed by atoms with Crippen LogP contribution in [0.1, 0.15) is 22.3 Å². The van der Waals surface area contributed by atoms with Crippen LogP contribution >= 0.6 is 0 Å². The molecule has 0 aliphatic heterocycles. The highest BCUT2D eigenvalue weighted by molar-refractivity contribution is 6.13. The van der Waals surface area contributed by atoms with Crippen molar-refractivity contribution in [2.75, 3.05) is 0 Å². The second-order valence-corrected chi connectivity index (χ2v) is 15.9. The zero-order valence-corrected chi connectivity index (χ0v) is 33.6. The molecule has 0 unspecified atom stereocenters. The molecule has 1 aliphatic carbocycles. The molecule has 1 aliphatic rings. The highest BCUT2D eigenvalue weighted by atomic mass is 16.3. The molecule has 2 heterocycles. The van der Waals surface area contributed by atoms with E-state index in [9.17, 15) is 0 Å². The summed E-state index contributed by atoms with van der Waals surface area (Å²) in [5.74, 6) is 1.84. The van der Waals surface area contributed by atoms with Crippen LogP contribution in [0.2, 0.25) is 0 Å². The molecule has 0 saturated heterocycles. The Morgan fingerprint density at radius 1 is 0.323 bits per heavy atom. The quantitative estimate of drug-likeness (QED) is 0.161. The highest BCUT2D eigenvalue weighted by Gasteiger charge is 2.47. The van der Waals surface area contributed by atoms with E-state index < -0.39 is 5.41 Å². The van der Waals surface area contributed by atoms with E-state index in [0.717, 1.165) is 55.3 Å². The number of hydrogen-bond acceptors (Lipinski definition) is 4. The maximum atomic E-state index is 6.55. The number of rotatable bonds is 7. The zero-order chi connectivity index (χ0) is 41.0. The molecule has 0 amide bonds. The lowest BCUT2D eigenvalue weighted by Crippen LogP contribution is -2.29. The minimum absolute atomic E-state index is 0.512. The average molecular weight is 792 g/mol. The van der Waals surface area contributed by atoms with Crippen LogP contribution in [0.3, 0.4) is 0 Å². The molecule has 0 atom stereocenters. The number of nitrogens with zero attached hydrogens (tertiary/aromatic N) is 3. The Kier molecular flexibility index (Phi) is 8.36. The Morgan fingerprint density at radius 2 is 0.823 bits per heavy atom. The van der Waals surface area contributed by atoms with Crippen molar-refractivity contribution in [3.8, 4) is 67.5 Å². The minimum atomic E-state index is -0.512. The first-order chi connectivity index (χ1) is 30.7. The average Bonchev–Trinajstić information content (AvgIpc) is 3.89. The van der Waals surface area contributed by atoms with Crippen molar-refractivity contribution < 1.29 is 4.42 Å². The van der Waals surface area contributed by atoms with Crippen LogP contribution in [-0.2, 0) is 5.41 Å². The van der Waals surface area contributed by atoms with Gasteiger partial charge in [-0.1, -0.05) is 200 Å². The van der Waals surface area contributed by atoms with E-state index in [0.29, 0.717) is 17.5 Å². The van der Waals surface area contributed by atoms with Gasteiger partial charge < -0.3 is 4.42 Å². The van der Waals surface area contributed by atoms with Crippen molar-refractivity contribution in [2.45, 2.75) is 5.41 Å². The van der Waals surface area contributed by atoms with Gasteiger partial charge in [0.25, 0.3) is 0 Å². The van der Waals surface area contributed by atoms with Gasteiger partial charge in [-0.3, -0.25) is 0 Å². The van der Waals surface area contributed by atoms with Gasteiger partial charge in [-0.15, -0.1) is 0 Å². The lowest BCUT2D eigenvalue weighted by atomic mass is 9.66. The smallest absolute Gasteiger partial charge is 0.164 e. The first-order valence-electron chi connectivity index (χ1n) is 21.0. The second-order valence-electron chi connectivity index (χ2n) is 15.9. The van der Waals surface area contributed by atoms with E-state index in [-0.39, 0.29) is 0 Å². The molecule has 4 nitrogen and oxygen atoms in total. The number of furan rings is 1. The van der Waals surface area contributed by atoms with Crippen molar-refractivity contribution in [1.29, 1.82) is 0 Å². The summed E-state index contributed by atoms with van der Waals surface area (Å²) in [7, 11) is 0. The van der Waals surface area contributed by atoms with Crippen LogP contribution in [-0.4, -0.2) is 15.0 Å². The van der Waals surface area contributed by atoms with Gasteiger partial charge in [-0.05, 0) is 79.9 Å². The number of benzene rings is 9. The molecule has 0 bridgehead atoms. The third-order valence-corrected chi connectivity index (χ3v) is 12.4. The molecule has 12 rings (SSSR count). The van der Waals surface area contributed by atoms with Crippen molar-refractivity contribution in [1.82, 2.24) is 15.0 Å². The second kappa shape index (κ2) is 14.5. The molecular weight excluding hydrogens is 755 g/mol. The van der Waals surface area contributed by atoms with Gasteiger partial charge in [0.2, 0.25) is 0 Å². The molecule has 290 valence electrons. The molecule has 0 saturated carbocycles. The number of aromatic nitrogens is 3. The van der Waals surface area contributed by atoms with Crippen molar-refractivity contribution in [2.24, 2.45) is 0 Å². The molecule has 62 heavy (non-hydrogen) atoms. The number of hydrogen-bond donors (Lipinski definition) is 0. The fourth-order valence-corrected chi connectivity index (χ4v) is 9.73. The lowest BCUT2D eigenvalue weighted by Gasteiger charge is -2.35. The van der Waals surface area contributed by atoms with Crippen LogP contribution in [0.5, 0.6) is 0 Å². The molecule has 0 N–H and O–H groups in total. The van der Waals surface area contributed by atoms with Crippen LogP contribution in [0.4, 0.5) is 0 Å². The Morgan fingerprint density at radius 3 is 1.52 bits per heavy atom. The van der Waals surface area contributed by atoms with E-state index in [4.69, 9.17) is 19.4 Å². The van der Waals surface area contributed by atoms with Gasteiger partial charge in [0, 0.05) is 27.5 Å². The van der Waals surface area contributed by atoms with Crippen molar-refractivity contribution in [3.05, 3.63) is 247 Å². The first-order valence-corrected chi connectivity index (χ1v) is 21.0. The molecule has 9 aromatic carbocycles. The normalized spacial score (nSPS) is 12.6. The van der Waals surface area contributed by atoms with E-state index in [1.165, 1.54) is 38.9 Å². The van der Waals surface area contributed by atoms with Gasteiger partial charge in [-0.2, -0.15) is 0 Å². The van der Waals surface area contributed by atoms with Crippen molar-refractivity contribution >= 4 is 21.9 Å². The van der Waals surface area contributed by atoms with Gasteiger partial charge in [0.05, 0.1) is 5.41 Å². The standard InChI is InChI=1S/C58H37N3O/c1-5-18-38(19-6-1)55-59-56(39-20-7-2-8-21-39)61-57(60-55)48-31-17-33-52-53(48)49-37-41(34-35-51(49)62-52)40-22-15-23-42(36-40)45-29-16-30-47-46-28-13-14-32-50(46)58(54(45)47,43-24-9-3-10-25-43)44-26-11-4-12-27-44/h1-37H. The number of fused-ring (bicyclic) bond motifs is 6. The van der Waals surface area contributed by atoms with Crippen LogP contribution in [0.25, 0.3) is 89.5 Å². The summed E-state index contributed by atoms with van der Waals surface area (Å²) < 4.78 is 6.55. The van der Waals surface area contributed by atoms with Crippen LogP contribution in [0.15, 0.2) is 229 Å². The summed E-state index contributed by atoms with van der Waals surface area (Å²) in [6.45, 7) is 0. The van der Waals surface area contributed by atoms with E-state index in [2.05, 4.69) is 152 Å². The van der Waals surface area contributed by atoms with Gasteiger partial charge >= 0.3 is 0 Å². The molecule has 0 radical (unpaired) electrons. The Hall–Kier alpha value is -8.21. The summed E-state index contributed by atoms with van der Waals surface area (Å²) >= 11 is 0. The highest BCUT2D eigenvalue weighted by Crippen LogP contribution is 2.58. The maximum absolute atomic E-state index is 6.55. The fraction of sp³-hybridized carbons (Fsp3) is 0.0172. The summed E-state index contributed by atoms with van der Waals surface area (Å²) in [4.78, 5) is 15.1. The van der Waals surface area contributed by atoms with Crippen LogP contribution in [0, 0.1) is 0 Å². The van der Waals surface area contributed by atoms with E-state index in [1.54, 1.807) is 0 Å². The summed E-state index contributed by atoms with van der Waals surface area (Å²) in [6.07, 6.45) is 0. The third-order valence-electron chi connectivity index (χ3n) is 12.4. The first kappa shape index (κ1) is 35.7. The predicted octanol–water partition coefficient (Wildman–Crippen LogP) is 14.5. The maximum Gasteiger partial charge on any atom is 0.164 e. The minimum Gasteiger partial charge on any atom is -0.456 e. The third kappa shape index (κ3) is 5.65. The molecule has 0 fully saturated rings. The molecule has 2 aromatic heterocycles. The van der Waals surface area contributed by atoms with E-state index >= 15 is 0 Å². The Labute approximate surface area is 359 Å². The molecule has 11 aromatic rings. The Balaban J connectivity index is 1.03. The summed E-state index contributed by atoms with van der Waals surface area (Å²) in [6, 6.07) is 79.5. The van der Waals surface area contributed by atoms with Crippen molar-refractivity contribution in [3.63, 3.8) is 0 Å². The largest absolute Gasteiger partial charge is 0.456 e. The van der Waals surface area contributed by atoms with E-state index in [1.807, 2.05) is 72.8 Å². The molecular formula is C58H37N3O. The van der Waals surface area contributed by atoms with Gasteiger partial charge in [0.1, 0.15) is 11.2 Å². The summed E-state index contributed by atoms with van der Waals surface area (Å²) in [5.41, 5.74) is 16.0. The topological polar surface area (TPSA) is 51.8 Å². The predicted molar refractivity (Wildman–Crippen MR) is 252 cm³/mol. The van der Waals surface area contributed by atoms with Crippen LogP contribution < -0.4 is 0 Å². The fourth-order valence-electron chi connectivity index (χ4n) is 9.73. The Bertz CT molecular complexity index is 3350. The monoisotopic (exact) mass is 791 g/mol. The van der Waals surface area contributed by atoms with Gasteiger partial charge in [0.15, 0.2) is 17.5 Å². The van der Waals surface area contributed by atoms with Gasteiger partial charge in [-0.25, -0.2) is 15.0 Å².